The van der Waals surface area contributed by atoms with Crippen LogP contribution in [0.15, 0.2) is 29.2 Å². The molecule has 0 spiro atoms. The molecule has 0 aromatic heterocycles. The smallest absolute Gasteiger partial charge is 0.407 e. The van der Waals surface area contributed by atoms with Crippen molar-refractivity contribution in [1.82, 2.24) is 10.6 Å². The molecular weight excluding hydrogens is 300 g/mol. The van der Waals surface area contributed by atoms with Crippen LogP contribution in [0.3, 0.4) is 0 Å². The first kappa shape index (κ1) is 18.4. The molecule has 1 aromatic rings. The molecule has 1 rings (SSSR count). The number of carbonyl (C=O) groups excluding carboxylic acids is 2. The normalized spacial score (nSPS) is 10.9. The molecule has 122 valence electrons. The average Bonchev–Trinajstić information content (AvgIpc) is 2.39. The van der Waals surface area contributed by atoms with Crippen molar-refractivity contribution >= 4 is 24.6 Å². The van der Waals surface area contributed by atoms with E-state index in [2.05, 4.69) is 23.3 Å². The van der Waals surface area contributed by atoms with Crippen LogP contribution >= 0.6 is 12.6 Å². The second kappa shape index (κ2) is 8.68. The molecule has 0 bridgehead atoms. The number of thiol groups is 1. The van der Waals surface area contributed by atoms with Crippen LogP contribution in [0.25, 0.3) is 0 Å². The first-order valence-corrected chi connectivity index (χ1v) is 7.72. The van der Waals surface area contributed by atoms with Crippen molar-refractivity contribution in [3.63, 3.8) is 0 Å². The summed E-state index contributed by atoms with van der Waals surface area (Å²) in [6.07, 6.45) is 0.555. The Balaban J connectivity index is 2.13. The molecule has 0 aliphatic carbocycles. The van der Waals surface area contributed by atoms with Gasteiger partial charge in [0.05, 0.1) is 6.42 Å². The second-order valence-electron chi connectivity index (χ2n) is 5.98. The fraction of sp³-hybridized carbons (Fsp3) is 0.500. The lowest BCUT2D eigenvalue weighted by Crippen LogP contribution is -2.34. The third-order valence-corrected chi connectivity index (χ3v) is 2.94. The molecule has 0 unspecified atom stereocenters. The number of hydrogen-bond acceptors (Lipinski definition) is 4. The Kier molecular flexibility index (Phi) is 7.24. The highest BCUT2D eigenvalue weighted by atomic mass is 32.1. The topological polar surface area (TPSA) is 67.4 Å². The number of ether oxygens (including phenoxy) is 1. The summed E-state index contributed by atoms with van der Waals surface area (Å²) in [6.45, 7) is 6.41. The summed E-state index contributed by atoms with van der Waals surface area (Å²) >= 11 is 4.20. The molecule has 0 saturated heterocycles. The van der Waals surface area contributed by atoms with Crippen molar-refractivity contribution in [1.29, 1.82) is 0 Å². The van der Waals surface area contributed by atoms with Crippen LogP contribution in [0.4, 0.5) is 4.79 Å². The molecule has 0 radical (unpaired) electrons. The molecule has 6 heteroatoms. The van der Waals surface area contributed by atoms with E-state index in [4.69, 9.17) is 4.74 Å². The van der Waals surface area contributed by atoms with Gasteiger partial charge in [-0.2, -0.15) is 0 Å². The molecule has 2 N–H and O–H groups in total. The fourth-order valence-electron chi connectivity index (χ4n) is 1.68. The zero-order valence-corrected chi connectivity index (χ0v) is 14.2. The van der Waals surface area contributed by atoms with E-state index in [0.717, 1.165) is 10.5 Å². The standard InChI is InChI=1S/C16H24N2O3S/c1-16(2,3)21-15(20)18-10-4-9-17-14(19)11-12-5-7-13(22)8-6-12/h5-8,22H,4,9-11H2,1-3H3,(H,17,19)(H,18,20). The first-order valence-electron chi connectivity index (χ1n) is 7.28. The molecule has 0 heterocycles. The Morgan fingerprint density at radius 3 is 2.27 bits per heavy atom. The highest BCUT2D eigenvalue weighted by molar-refractivity contribution is 7.80. The van der Waals surface area contributed by atoms with Gasteiger partial charge in [-0.05, 0) is 44.9 Å². The molecular formula is C16H24N2O3S. The maximum Gasteiger partial charge on any atom is 0.407 e. The van der Waals surface area contributed by atoms with Crippen molar-refractivity contribution in [2.75, 3.05) is 13.1 Å². The summed E-state index contributed by atoms with van der Waals surface area (Å²) in [7, 11) is 0. The number of hydrogen-bond donors (Lipinski definition) is 3. The van der Waals surface area contributed by atoms with Crippen molar-refractivity contribution in [3.05, 3.63) is 29.8 Å². The zero-order chi connectivity index (χ0) is 16.6. The van der Waals surface area contributed by atoms with Gasteiger partial charge in [-0.25, -0.2) is 4.79 Å². The number of rotatable bonds is 6. The lowest BCUT2D eigenvalue weighted by Gasteiger charge is -2.19. The van der Waals surface area contributed by atoms with Gasteiger partial charge < -0.3 is 15.4 Å². The van der Waals surface area contributed by atoms with E-state index in [1.807, 2.05) is 45.0 Å². The summed E-state index contributed by atoms with van der Waals surface area (Å²) < 4.78 is 5.11. The van der Waals surface area contributed by atoms with E-state index in [1.165, 1.54) is 0 Å². The highest BCUT2D eigenvalue weighted by Crippen LogP contribution is 2.08. The highest BCUT2D eigenvalue weighted by Gasteiger charge is 2.15. The minimum absolute atomic E-state index is 0.0378. The van der Waals surface area contributed by atoms with Gasteiger partial charge >= 0.3 is 6.09 Å². The van der Waals surface area contributed by atoms with Crippen LogP contribution in [0.2, 0.25) is 0 Å². The van der Waals surface area contributed by atoms with Gasteiger partial charge in [0.2, 0.25) is 5.91 Å². The van der Waals surface area contributed by atoms with Crippen LogP contribution in [0.1, 0.15) is 32.8 Å². The Labute approximate surface area is 137 Å². The molecule has 0 aliphatic heterocycles. The van der Waals surface area contributed by atoms with Crippen LogP contribution in [-0.4, -0.2) is 30.7 Å². The third kappa shape index (κ3) is 8.56. The SMILES string of the molecule is CC(C)(C)OC(=O)NCCCNC(=O)Cc1ccc(S)cc1. The summed E-state index contributed by atoms with van der Waals surface area (Å²) in [5, 5.41) is 5.47. The monoisotopic (exact) mass is 324 g/mol. The minimum Gasteiger partial charge on any atom is -0.444 e. The third-order valence-electron chi connectivity index (χ3n) is 2.64. The van der Waals surface area contributed by atoms with Crippen LogP contribution in [0.5, 0.6) is 0 Å². The first-order chi connectivity index (χ1) is 10.3. The Morgan fingerprint density at radius 2 is 1.68 bits per heavy atom. The van der Waals surface area contributed by atoms with Crippen LogP contribution < -0.4 is 10.6 Å². The lowest BCUT2D eigenvalue weighted by atomic mass is 10.1. The number of benzene rings is 1. The minimum atomic E-state index is -0.499. The van der Waals surface area contributed by atoms with E-state index < -0.39 is 11.7 Å². The Hall–Kier alpha value is -1.69. The molecule has 0 atom stereocenters. The summed E-state index contributed by atoms with van der Waals surface area (Å²) in [6, 6.07) is 7.48. The van der Waals surface area contributed by atoms with Gasteiger partial charge in [-0.3, -0.25) is 4.79 Å². The van der Waals surface area contributed by atoms with E-state index >= 15 is 0 Å². The molecule has 0 aliphatic rings. The molecule has 0 saturated carbocycles. The maximum absolute atomic E-state index is 11.7. The number of alkyl carbamates (subject to hydrolysis) is 1. The van der Waals surface area contributed by atoms with Crippen molar-refractivity contribution in [2.45, 2.75) is 44.1 Å². The predicted molar refractivity (Wildman–Crippen MR) is 89.3 cm³/mol. The Bertz CT molecular complexity index is 495. The molecule has 1 aromatic carbocycles. The zero-order valence-electron chi connectivity index (χ0n) is 13.3. The summed E-state index contributed by atoms with van der Waals surface area (Å²) in [4.78, 5) is 24.0. The number of amides is 2. The largest absolute Gasteiger partial charge is 0.444 e. The average molecular weight is 324 g/mol. The van der Waals surface area contributed by atoms with Crippen LogP contribution in [0, 0.1) is 0 Å². The van der Waals surface area contributed by atoms with E-state index in [1.54, 1.807) is 0 Å². The van der Waals surface area contributed by atoms with E-state index in [-0.39, 0.29) is 5.91 Å². The predicted octanol–water partition coefficient (Wildman–Crippen LogP) is 2.55. The number of nitrogens with one attached hydrogen (secondary N) is 2. The molecule has 5 nitrogen and oxygen atoms in total. The van der Waals surface area contributed by atoms with Gasteiger partial charge in [0.25, 0.3) is 0 Å². The van der Waals surface area contributed by atoms with Crippen molar-refractivity contribution in [2.24, 2.45) is 0 Å². The van der Waals surface area contributed by atoms with Crippen molar-refractivity contribution in [3.8, 4) is 0 Å². The van der Waals surface area contributed by atoms with Gasteiger partial charge in [0.15, 0.2) is 0 Å². The van der Waals surface area contributed by atoms with Crippen LogP contribution in [-0.2, 0) is 16.0 Å². The molecule has 2 amide bonds. The maximum atomic E-state index is 11.7. The fourth-order valence-corrected chi connectivity index (χ4v) is 1.83. The van der Waals surface area contributed by atoms with E-state index in [9.17, 15) is 9.59 Å². The van der Waals surface area contributed by atoms with Crippen molar-refractivity contribution < 1.29 is 14.3 Å². The quantitative estimate of drug-likeness (QED) is 0.556. The molecule has 22 heavy (non-hydrogen) atoms. The van der Waals surface area contributed by atoms with Gasteiger partial charge in [-0.1, -0.05) is 12.1 Å². The Morgan fingerprint density at radius 1 is 1.09 bits per heavy atom. The van der Waals surface area contributed by atoms with Gasteiger partial charge in [-0.15, -0.1) is 12.6 Å². The van der Waals surface area contributed by atoms with E-state index in [0.29, 0.717) is 25.9 Å². The second-order valence-corrected chi connectivity index (χ2v) is 6.49. The number of carbonyl (C=O) groups is 2. The van der Waals surface area contributed by atoms with Gasteiger partial charge in [0.1, 0.15) is 5.60 Å². The lowest BCUT2D eigenvalue weighted by molar-refractivity contribution is -0.120. The van der Waals surface area contributed by atoms with Gasteiger partial charge in [0, 0.05) is 18.0 Å². The molecule has 0 fully saturated rings. The summed E-state index contributed by atoms with van der Waals surface area (Å²) in [5.41, 5.74) is 0.447. The summed E-state index contributed by atoms with van der Waals surface area (Å²) in [5.74, 6) is -0.0378.